The lowest BCUT2D eigenvalue weighted by molar-refractivity contribution is 0.412. The summed E-state index contributed by atoms with van der Waals surface area (Å²) in [5.41, 5.74) is 2.44. The van der Waals surface area contributed by atoms with Gasteiger partial charge in [0.2, 0.25) is 0 Å². The molecule has 0 saturated carbocycles. The second kappa shape index (κ2) is 6.82. The maximum absolute atomic E-state index is 5.26. The van der Waals surface area contributed by atoms with Crippen molar-refractivity contribution in [3.63, 3.8) is 0 Å². The number of nitrogens with one attached hydrogen (secondary N) is 1. The van der Waals surface area contributed by atoms with Crippen molar-refractivity contribution >= 4 is 15.9 Å². The minimum atomic E-state index is 0.316. The Kier molecular flexibility index (Phi) is 5.72. The molecule has 1 aromatic carbocycles. The SMILES string of the molecule is C=C(C)CCC(NC)c1cc(OC)ccc1Br. The first kappa shape index (κ1) is 14.3. The number of allylic oxidation sites excluding steroid dienone is 1. The second-order valence-electron chi connectivity index (χ2n) is 4.22. The summed E-state index contributed by atoms with van der Waals surface area (Å²) in [7, 11) is 3.67. The number of benzene rings is 1. The Morgan fingerprint density at radius 2 is 2.24 bits per heavy atom. The van der Waals surface area contributed by atoms with E-state index in [1.54, 1.807) is 7.11 Å². The summed E-state index contributed by atoms with van der Waals surface area (Å²) in [6, 6.07) is 6.37. The van der Waals surface area contributed by atoms with Crippen molar-refractivity contribution in [3.05, 3.63) is 40.4 Å². The van der Waals surface area contributed by atoms with Crippen LogP contribution in [0.2, 0.25) is 0 Å². The van der Waals surface area contributed by atoms with Gasteiger partial charge < -0.3 is 10.1 Å². The van der Waals surface area contributed by atoms with Gasteiger partial charge >= 0.3 is 0 Å². The van der Waals surface area contributed by atoms with E-state index in [0.29, 0.717) is 6.04 Å². The van der Waals surface area contributed by atoms with Crippen LogP contribution < -0.4 is 10.1 Å². The zero-order valence-corrected chi connectivity index (χ0v) is 12.3. The predicted molar refractivity (Wildman–Crippen MR) is 76.5 cm³/mol. The topological polar surface area (TPSA) is 21.3 Å². The fourth-order valence-electron chi connectivity index (χ4n) is 1.76. The predicted octanol–water partition coefficient (Wildman–Crippen LogP) is 4.07. The molecule has 2 nitrogen and oxygen atoms in total. The van der Waals surface area contributed by atoms with Gasteiger partial charge in [-0.1, -0.05) is 21.5 Å². The second-order valence-corrected chi connectivity index (χ2v) is 5.08. The summed E-state index contributed by atoms with van der Waals surface area (Å²) in [5, 5.41) is 3.34. The van der Waals surface area contributed by atoms with Crippen molar-refractivity contribution in [2.75, 3.05) is 14.2 Å². The maximum Gasteiger partial charge on any atom is 0.119 e. The van der Waals surface area contributed by atoms with Crippen molar-refractivity contribution in [1.29, 1.82) is 0 Å². The zero-order valence-electron chi connectivity index (χ0n) is 10.7. The summed E-state index contributed by atoms with van der Waals surface area (Å²) in [6.45, 7) is 6.01. The molecule has 1 unspecified atom stereocenters. The maximum atomic E-state index is 5.26. The van der Waals surface area contributed by atoms with Gasteiger partial charge in [-0.25, -0.2) is 0 Å². The fraction of sp³-hybridized carbons (Fsp3) is 0.429. The quantitative estimate of drug-likeness (QED) is 0.799. The summed E-state index contributed by atoms with van der Waals surface area (Å²) < 4.78 is 6.37. The van der Waals surface area contributed by atoms with Crippen molar-refractivity contribution in [3.8, 4) is 5.75 Å². The molecular formula is C14H20BrNO. The Morgan fingerprint density at radius 3 is 2.76 bits per heavy atom. The summed E-state index contributed by atoms with van der Waals surface area (Å²) in [6.07, 6.45) is 2.06. The molecule has 1 atom stereocenters. The molecule has 0 heterocycles. The highest BCUT2D eigenvalue weighted by atomic mass is 79.9. The fourth-order valence-corrected chi connectivity index (χ4v) is 2.28. The van der Waals surface area contributed by atoms with Gasteiger partial charge in [0, 0.05) is 10.5 Å². The number of rotatable bonds is 6. The highest BCUT2D eigenvalue weighted by Crippen LogP contribution is 2.30. The third-order valence-corrected chi connectivity index (χ3v) is 3.51. The van der Waals surface area contributed by atoms with E-state index in [1.165, 1.54) is 11.1 Å². The summed E-state index contributed by atoms with van der Waals surface area (Å²) in [4.78, 5) is 0. The van der Waals surface area contributed by atoms with Crippen LogP contribution in [-0.4, -0.2) is 14.2 Å². The van der Waals surface area contributed by atoms with Crippen molar-refractivity contribution in [2.45, 2.75) is 25.8 Å². The Balaban J connectivity index is 2.89. The van der Waals surface area contributed by atoms with Crippen LogP contribution in [0.3, 0.4) is 0 Å². The Morgan fingerprint density at radius 1 is 1.53 bits per heavy atom. The number of methoxy groups -OCH3 is 1. The van der Waals surface area contributed by atoms with Crippen LogP contribution in [-0.2, 0) is 0 Å². The molecule has 1 aromatic rings. The molecule has 0 bridgehead atoms. The van der Waals surface area contributed by atoms with Gasteiger partial charge in [-0.05, 0) is 50.6 Å². The van der Waals surface area contributed by atoms with E-state index in [2.05, 4.69) is 40.8 Å². The van der Waals surface area contributed by atoms with Gasteiger partial charge in [-0.2, -0.15) is 0 Å². The van der Waals surface area contributed by atoms with Gasteiger partial charge in [-0.3, -0.25) is 0 Å². The van der Waals surface area contributed by atoms with E-state index in [1.807, 2.05) is 19.2 Å². The first-order valence-corrected chi connectivity index (χ1v) is 6.53. The monoisotopic (exact) mass is 297 g/mol. The molecule has 0 radical (unpaired) electrons. The standard InChI is InChI=1S/C14H20BrNO/c1-10(2)5-8-14(16-3)12-9-11(17-4)6-7-13(12)15/h6-7,9,14,16H,1,5,8H2,2-4H3. The molecule has 1 N–H and O–H groups in total. The van der Waals surface area contributed by atoms with Crippen LogP contribution in [0.4, 0.5) is 0 Å². The van der Waals surface area contributed by atoms with Gasteiger partial charge in [-0.15, -0.1) is 6.58 Å². The number of hydrogen-bond acceptors (Lipinski definition) is 2. The molecule has 0 aromatic heterocycles. The van der Waals surface area contributed by atoms with E-state index < -0.39 is 0 Å². The Labute approximate surface area is 112 Å². The minimum absolute atomic E-state index is 0.316. The molecule has 0 aliphatic rings. The Hall–Kier alpha value is -0.800. The van der Waals surface area contributed by atoms with Crippen molar-refractivity contribution in [1.82, 2.24) is 5.32 Å². The van der Waals surface area contributed by atoms with E-state index in [0.717, 1.165) is 23.1 Å². The van der Waals surface area contributed by atoms with Crippen LogP contribution in [0.1, 0.15) is 31.4 Å². The number of hydrogen-bond donors (Lipinski definition) is 1. The first-order chi connectivity index (χ1) is 8.08. The van der Waals surface area contributed by atoms with Crippen LogP contribution >= 0.6 is 15.9 Å². The van der Waals surface area contributed by atoms with Crippen LogP contribution in [0.15, 0.2) is 34.8 Å². The van der Waals surface area contributed by atoms with E-state index in [9.17, 15) is 0 Å². The van der Waals surface area contributed by atoms with Gasteiger partial charge in [0.25, 0.3) is 0 Å². The molecule has 17 heavy (non-hydrogen) atoms. The molecule has 0 aliphatic heterocycles. The molecule has 0 saturated heterocycles. The van der Waals surface area contributed by atoms with Gasteiger partial charge in [0.1, 0.15) is 5.75 Å². The lowest BCUT2D eigenvalue weighted by Crippen LogP contribution is -2.17. The highest BCUT2D eigenvalue weighted by Gasteiger charge is 2.13. The molecule has 1 rings (SSSR count). The molecule has 0 fully saturated rings. The lowest BCUT2D eigenvalue weighted by atomic mass is 10.00. The average molecular weight is 298 g/mol. The molecule has 3 heteroatoms. The molecular weight excluding hydrogens is 278 g/mol. The number of ether oxygens (including phenoxy) is 1. The van der Waals surface area contributed by atoms with Crippen molar-refractivity contribution < 1.29 is 4.74 Å². The van der Waals surface area contributed by atoms with E-state index in [4.69, 9.17) is 4.74 Å². The number of halogens is 1. The third-order valence-electron chi connectivity index (χ3n) is 2.79. The molecule has 94 valence electrons. The minimum Gasteiger partial charge on any atom is -0.497 e. The van der Waals surface area contributed by atoms with Crippen molar-refractivity contribution in [2.24, 2.45) is 0 Å². The van der Waals surface area contributed by atoms with E-state index in [-0.39, 0.29) is 0 Å². The summed E-state index contributed by atoms with van der Waals surface area (Å²) in [5.74, 6) is 0.888. The van der Waals surface area contributed by atoms with Crippen LogP contribution in [0.5, 0.6) is 5.75 Å². The van der Waals surface area contributed by atoms with Gasteiger partial charge in [0.15, 0.2) is 0 Å². The van der Waals surface area contributed by atoms with Crippen LogP contribution in [0, 0.1) is 0 Å². The smallest absolute Gasteiger partial charge is 0.119 e. The third kappa shape index (κ3) is 4.17. The molecule has 0 amide bonds. The Bertz CT molecular complexity index is 390. The highest BCUT2D eigenvalue weighted by molar-refractivity contribution is 9.10. The zero-order chi connectivity index (χ0) is 12.8. The molecule has 0 spiro atoms. The van der Waals surface area contributed by atoms with Gasteiger partial charge in [0.05, 0.1) is 7.11 Å². The largest absolute Gasteiger partial charge is 0.497 e. The van der Waals surface area contributed by atoms with E-state index >= 15 is 0 Å². The average Bonchev–Trinajstić information content (AvgIpc) is 2.31. The first-order valence-electron chi connectivity index (χ1n) is 5.73. The normalized spacial score (nSPS) is 12.2. The van der Waals surface area contributed by atoms with Crippen LogP contribution in [0.25, 0.3) is 0 Å². The molecule has 0 aliphatic carbocycles. The lowest BCUT2D eigenvalue weighted by Gasteiger charge is -2.19. The summed E-state index contributed by atoms with van der Waals surface area (Å²) >= 11 is 3.59.